The van der Waals surface area contributed by atoms with E-state index in [1.807, 2.05) is 18.2 Å². The van der Waals surface area contributed by atoms with Crippen LogP contribution in [0.15, 0.2) is 42.5 Å². The molecule has 2 aromatic carbocycles. The van der Waals surface area contributed by atoms with Gasteiger partial charge in [0.1, 0.15) is 12.4 Å². The Morgan fingerprint density at radius 3 is 2.58 bits per heavy atom. The van der Waals surface area contributed by atoms with Crippen molar-refractivity contribution in [1.29, 1.82) is 0 Å². The minimum atomic E-state index is -0.368. The summed E-state index contributed by atoms with van der Waals surface area (Å²) in [5, 5.41) is 0. The molecule has 19 heavy (non-hydrogen) atoms. The van der Waals surface area contributed by atoms with Crippen LogP contribution in [0.3, 0.4) is 0 Å². The van der Waals surface area contributed by atoms with E-state index in [-0.39, 0.29) is 18.2 Å². The lowest BCUT2D eigenvalue weighted by Gasteiger charge is -2.11. The fraction of sp³-hybridized carbons (Fsp3) is 0.200. The van der Waals surface area contributed by atoms with Crippen LogP contribution in [0.2, 0.25) is 0 Å². The van der Waals surface area contributed by atoms with Gasteiger partial charge in [0.05, 0.1) is 7.11 Å². The number of halogens is 1. The fourth-order valence-corrected chi connectivity index (χ4v) is 1.77. The van der Waals surface area contributed by atoms with E-state index in [0.717, 1.165) is 16.9 Å². The van der Waals surface area contributed by atoms with Crippen molar-refractivity contribution in [2.75, 3.05) is 7.11 Å². The Kier molecular flexibility index (Phi) is 4.36. The van der Waals surface area contributed by atoms with Crippen LogP contribution in [0.4, 0.5) is 4.39 Å². The van der Waals surface area contributed by atoms with E-state index in [1.165, 1.54) is 6.07 Å². The van der Waals surface area contributed by atoms with Gasteiger partial charge in [0.15, 0.2) is 11.6 Å². The molecule has 2 rings (SSSR count). The van der Waals surface area contributed by atoms with Crippen LogP contribution in [-0.4, -0.2) is 7.11 Å². The third-order valence-corrected chi connectivity index (χ3v) is 2.80. The van der Waals surface area contributed by atoms with Crippen molar-refractivity contribution in [2.24, 2.45) is 5.73 Å². The highest BCUT2D eigenvalue weighted by Crippen LogP contribution is 2.22. The maximum Gasteiger partial charge on any atom is 0.165 e. The molecule has 0 aromatic heterocycles. The van der Waals surface area contributed by atoms with Crippen molar-refractivity contribution in [1.82, 2.24) is 0 Å². The second-order valence-corrected chi connectivity index (χ2v) is 4.07. The molecule has 0 fully saturated rings. The number of nitrogens with two attached hydrogens (primary N) is 1. The summed E-state index contributed by atoms with van der Waals surface area (Å²) in [6.07, 6.45) is 0. The number of rotatable bonds is 5. The van der Waals surface area contributed by atoms with Gasteiger partial charge in [-0.2, -0.15) is 0 Å². The molecule has 0 heterocycles. The molecule has 3 nitrogen and oxygen atoms in total. The first-order valence-corrected chi connectivity index (χ1v) is 5.97. The first kappa shape index (κ1) is 13.4. The Balaban J connectivity index is 2.10. The summed E-state index contributed by atoms with van der Waals surface area (Å²) in [7, 11) is 1.59. The number of benzene rings is 2. The molecule has 0 saturated heterocycles. The maximum atomic E-state index is 13.4. The van der Waals surface area contributed by atoms with E-state index in [2.05, 4.69) is 0 Å². The molecule has 0 aliphatic carbocycles. The van der Waals surface area contributed by atoms with E-state index in [9.17, 15) is 4.39 Å². The molecule has 4 heteroatoms. The second kappa shape index (κ2) is 6.20. The minimum Gasteiger partial charge on any atom is -0.496 e. The van der Waals surface area contributed by atoms with Gasteiger partial charge < -0.3 is 15.2 Å². The Morgan fingerprint density at radius 1 is 1.11 bits per heavy atom. The monoisotopic (exact) mass is 261 g/mol. The van der Waals surface area contributed by atoms with Gasteiger partial charge >= 0.3 is 0 Å². The first-order chi connectivity index (χ1) is 9.24. The van der Waals surface area contributed by atoms with Gasteiger partial charge in [-0.05, 0) is 23.8 Å². The Morgan fingerprint density at radius 2 is 1.89 bits per heavy atom. The largest absolute Gasteiger partial charge is 0.496 e. The smallest absolute Gasteiger partial charge is 0.165 e. The standard InChI is InChI=1S/C15H16FNO2/c1-18-15-8-11(6-7-12(15)9-17)10-19-14-5-3-2-4-13(14)16/h2-8H,9-10,17H2,1H3. The van der Waals surface area contributed by atoms with Crippen molar-refractivity contribution >= 4 is 0 Å². The van der Waals surface area contributed by atoms with Crippen molar-refractivity contribution in [3.63, 3.8) is 0 Å². The first-order valence-electron chi connectivity index (χ1n) is 5.97. The van der Waals surface area contributed by atoms with Gasteiger partial charge in [0.25, 0.3) is 0 Å². The molecule has 0 radical (unpaired) electrons. The Bertz CT molecular complexity index is 558. The lowest BCUT2D eigenvalue weighted by molar-refractivity contribution is 0.289. The molecule has 0 atom stereocenters. The highest BCUT2D eigenvalue weighted by Gasteiger charge is 2.05. The van der Waals surface area contributed by atoms with Crippen molar-refractivity contribution in [2.45, 2.75) is 13.2 Å². The van der Waals surface area contributed by atoms with Gasteiger partial charge in [-0.25, -0.2) is 4.39 Å². The molecule has 0 amide bonds. The highest BCUT2D eigenvalue weighted by molar-refractivity contribution is 5.37. The lowest BCUT2D eigenvalue weighted by atomic mass is 10.1. The summed E-state index contributed by atoms with van der Waals surface area (Å²) in [6.45, 7) is 0.694. The van der Waals surface area contributed by atoms with Crippen molar-refractivity contribution in [3.8, 4) is 11.5 Å². The quantitative estimate of drug-likeness (QED) is 0.900. The van der Waals surface area contributed by atoms with Crippen LogP contribution in [0.25, 0.3) is 0 Å². The third-order valence-electron chi connectivity index (χ3n) is 2.80. The molecular weight excluding hydrogens is 245 g/mol. The topological polar surface area (TPSA) is 44.5 Å². The van der Waals surface area contributed by atoms with Crippen LogP contribution in [-0.2, 0) is 13.2 Å². The SMILES string of the molecule is COc1cc(COc2ccccc2F)ccc1CN. The molecule has 0 bridgehead atoms. The Labute approximate surface area is 111 Å². The van der Waals surface area contributed by atoms with Gasteiger partial charge in [-0.1, -0.05) is 24.3 Å². The summed E-state index contributed by atoms with van der Waals surface area (Å²) >= 11 is 0. The molecule has 2 aromatic rings. The summed E-state index contributed by atoms with van der Waals surface area (Å²) in [4.78, 5) is 0. The summed E-state index contributed by atoms with van der Waals surface area (Å²) in [6, 6.07) is 12.0. The van der Waals surface area contributed by atoms with E-state index in [4.69, 9.17) is 15.2 Å². The second-order valence-electron chi connectivity index (χ2n) is 4.07. The molecular formula is C15H16FNO2. The van der Waals surface area contributed by atoms with Crippen molar-refractivity contribution in [3.05, 3.63) is 59.4 Å². The third kappa shape index (κ3) is 3.23. The summed E-state index contributed by atoms with van der Waals surface area (Å²) in [5.74, 6) is 0.592. The average molecular weight is 261 g/mol. The van der Waals surface area contributed by atoms with E-state index in [1.54, 1.807) is 25.3 Å². The van der Waals surface area contributed by atoms with Crippen LogP contribution < -0.4 is 15.2 Å². The minimum absolute atomic E-state index is 0.240. The molecule has 0 spiro atoms. The lowest BCUT2D eigenvalue weighted by Crippen LogP contribution is -2.02. The number of hydrogen-bond donors (Lipinski definition) is 1. The molecule has 0 aliphatic rings. The highest BCUT2D eigenvalue weighted by atomic mass is 19.1. The average Bonchev–Trinajstić information content (AvgIpc) is 2.46. The molecule has 0 saturated carbocycles. The zero-order valence-electron chi connectivity index (χ0n) is 10.7. The van der Waals surface area contributed by atoms with E-state index < -0.39 is 0 Å². The van der Waals surface area contributed by atoms with Gasteiger partial charge in [-0.3, -0.25) is 0 Å². The Hall–Kier alpha value is -2.07. The fourth-order valence-electron chi connectivity index (χ4n) is 1.77. The van der Waals surface area contributed by atoms with Crippen LogP contribution in [0.1, 0.15) is 11.1 Å². The molecule has 0 aliphatic heterocycles. The van der Waals surface area contributed by atoms with Gasteiger partial charge in [0.2, 0.25) is 0 Å². The molecule has 100 valence electrons. The number of para-hydroxylation sites is 1. The maximum absolute atomic E-state index is 13.4. The predicted octanol–water partition coefficient (Wildman–Crippen LogP) is 2.87. The summed E-state index contributed by atoms with van der Waals surface area (Å²) < 4.78 is 24.1. The van der Waals surface area contributed by atoms with Crippen LogP contribution in [0.5, 0.6) is 11.5 Å². The number of methoxy groups -OCH3 is 1. The van der Waals surface area contributed by atoms with Crippen molar-refractivity contribution < 1.29 is 13.9 Å². The van der Waals surface area contributed by atoms with E-state index in [0.29, 0.717) is 6.54 Å². The van der Waals surface area contributed by atoms with Gasteiger partial charge in [-0.15, -0.1) is 0 Å². The molecule has 0 unspecified atom stereocenters. The number of ether oxygens (including phenoxy) is 2. The van der Waals surface area contributed by atoms with E-state index >= 15 is 0 Å². The predicted molar refractivity (Wildman–Crippen MR) is 71.6 cm³/mol. The van der Waals surface area contributed by atoms with Crippen LogP contribution in [0, 0.1) is 5.82 Å². The van der Waals surface area contributed by atoms with Crippen LogP contribution >= 0.6 is 0 Å². The zero-order valence-corrected chi connectivity index (χ0v) is 10.7. The molecule has 2 N–H and O–H groups in total. The summed E-state index contributed by atoms with van der Waals surface area (Å²) in [5.41, 5.74) is 7.43. The normalized spacial score (nSPS) is 10.3. The zero-order chi connectivity index (χ0) is 13.7. The number of hydrogen-bond acceptors (Lipinski definition) is 3. The van der Waals surface area contributed by atoms with Gasteiger partial charge in [0, 0.05) is 12.1 Å².